The minimum atomic E-state index is -1.18. The fourth-order valence-corrected chi connectivity index (χ4v) is 5.26. The molecule has 1 aliphatic rings. The summed E-state index contributed by atoms with van der Waals surface area (Å²) in [5.74, 6) is -1.49. The number of urea groups is 1. The number of ether oxygens (including phenoxy) is 1. The zero-order valence-corrected chi connectivity index (χ0v) is 23.5. The Bertz CT molecular complexity index is 1530. The molecule has 0 radical (unpaired) electrons. The molecule has 1 aliphatic heterocycles. The molecule has 13 heteroatoms. The summed E-state index contributed by atoms with van der Waals surface area (Å²) in [5.41, 5.74) is -0.331. The van der Waals surface area contributed by atoms with Crippen molar-refractivity contribution < 1.29 is 19.1 Å². The van der Waals surface area contributed by atoms with Crippen LogP contribution in [0.4, 0.5) is 10.6 Å². The van der Waals surface area contributed by atoms with Crippen LogP contribution in [0.1, 0.15) is 34.3 Å². The molecule has 3 N–H and O–H groups in total. The normalized spacial score (nSPS) is 14.8. The molecular formula is C28H26Cl2N6O5. The molecule has 2 aromatic carbocycles. The summed E-state index contributed by atoms with van der Waals surface area (Å²) in [7, 11) is 1.18. The van der Waals surface area contributed by atoms with Gasteiger partial charge in [-0.2, -0.15) is 5.26 Å². The van der Waals surface area contributed by atoms with Crippen LogP contribution in [0.5, 0.6) is 0 Å². The summed E-state index contributed by atoms with van der Waals surface area (Å²) in [4.78, 5) is 58.4. The number of rotatable bonds is 7. The van der Waals surface area contributed by atoms with Crippen LogP contribution < -0.4 is 16.3 Å². The number of nitriles is 1. The van der Waals surface area contributed by atoms with E-state index in [1.807, 2.05) is 30.3 Å². The maximum atomic E-state index is 13.2. The summed E-state index contributed by atoms with van der Waals surface area (Å²) in [6.07, 6.45) is 1.86. The first kappa shape index (κ1) is 29.6. The molecule has 1 saturated heterocycles. The van der Waals surface area contributed by atoms with Gasteiger partial charge in [0.15, 0.2) is 0 Å². The highest BCUT2D eigenvalue weighted by Gasteiger charge is 2.38. The minimum Gasteiger partial charge on any atom is -0.467 e. The molecule has 2 heterocycles. The molecule has 212 valence electrons. The number of nitrogens with one attached hydrogen (secondary N) is 3. The number of esters is 1. The number of halogens is 2. The van der Waals surface area contributed by atoms with E-state index in [0.29, 0.717) is 25.9 Å². The lowest BCUT2D eigenvalue weighted by Gasteiger charge is -2.38. The van der Waals surface area contributed by atoms with Crippen LogP contribution in [0.3, 0.4) is 0 Å². The third-order valence-corrected chi connectivity index (χ3v) is 7.60. The topological polar surface area (TPSA) is 157 Å². The zero-order chi connectivity index (χ0) is 29.6. The second kappa shape index (κ2) is 12.8. The van der Waals surface area contributed by atoms with Gasteiger partial charge in [0.1, 0.15) is 11.9 Å². The lowest BCUT2D eigenvalue weighted by molar-refractivity contribution is -0.142. The molecule has 1 unspecified atom stereocenters. The molecule has 41 heavy (non-hydrogen) atoms. The second-order valence-corrected chi connectivity index (χ2v) is 10.2. The molecular weight excluding hydrogens is 571 g/mol. The van der Waals surface area contributed by atoms with Gasteiger partial charge in [-0.3, -0.25) is 9.78 Å². The quantitative estimate of drug-likeness (QED) is 0.351. The molecule has 0 spiro atoms. The number of hydrogen-bond acceptors (Lipinski definition) is 7. The molecule has 0 aliphatic carbocycles. The molecule has 3 aromatic rings. The van der Waals surface area contributed by atoms with Gasteiger partial charge in [-0.1, -0.05) is 59.6 Å². The smallest absolute Gasteiger partial charge is 0.346 e. The molecule has 11 nitrogen and oxygen atoms in total. The number of likely N-dealkylation sites (tertiary alicyclic amines) is 1. The van der Waals surface area contributed by atoms with Crippen molar-refractivity contribution in [3.63, 3.8) is 0 Å². The molecule has 1 fully saturated rings. The van der Waals surface area contributed by atoms with E-state index in [0.717, 1.165) is 5.56 Å². The van der Waals surface area contributed by atoms with Crippen molar-refractivity contribution in [3.05, 3.63) is 91.9 Å². The summed E-state index contributed by atoms with van der Waals surface area (Å²) in [5, 5.41) is 15.4. The van der Waals surface area contributed by atoms with Crippen molar-refractivity contribution in [1.29, 1.82) is 5.26 Å². The van der Waals surface area contributed by atoms with Crippen molar-refractivity contribution >= 4 is 46.9 Å². The number of piperidine rings is 1. The van der Waals surface area contributed by atoms with Crippen molar-refractivity contribution in [2.45, 2.75) is 30.7 Å². The Balaban J connectivity index is 1.49. The van der Waals surface area contributed by atoms with E-state index in [4.69, 9.17) is 27.9 Å². The van der Waals surface area contributed by atoms with Crippen LogP contribution >= 0.6 is 23.2 Å². The SMILES string of the molecule is COC(=O)C(Cc1cnc(=O)[nH]c1NC(=O)c1c(Cl)cccc1Cl)NC(=O)N1CCC(C#N)(c2ccccc2)CC1. The lowest BCUT2D eigenvalue weighted by Crippen LogP contribution is -2.53. The van der Waals surface area contributed by atoms with E-state index in [1.165, 1.54) is 30.3 Å². The van der Waals surface area contributed by atoms with Gasteiger partial charge in [0, 0.05) is 31.3 Å². The maximum Gasteiger partial charge on any atom is 0.346 e. The van der Waals surface area contributed by atoms with E-state index < -0.39 is 35.1 Å². The number of hydrogen-bond donors (Lipinski definition) is 3. The third-order valence-electron chi connectivity index (χ3n) is 6.97. The maximum absolute atomic E-state index is 13.2. The number of carbonyl (C=O) groups is 3. The van der Waals surface area contributed by atoms with Gasteiger partial charge in [-0.25, -0.2) is 19.4 Å². The number of H-pyrrole nitrogens is 1. The van der Waals surface area contributed by atoms with Gasteiger partial charge in [0.05, 0.1) is 34.2 Å². The van der Waals surface area contributed by atoms with Crippen LogP contribution in [-0.4, -0.2) is 59.0 Å². The second-order valence-electron chi connectivity index (χ2n) is 9.42. The number of aromatic nitrogens is 2. The molecule has 1 aromatic heterocycles. The average Bonchev–Trinajstić information content (AvgIpc) is 2.98. The standard InChI is InChI=1S/C28H26Cl2N6O5/c1-41-25(38)21(33-27(40)36-12-10-28(16-31,11-13-36)18-6-3-2-4-7-18)14-17-15-32-26(39)35-23(17)34-24(37)22-19(29)8-5-9-20(22)30/h2-9,15,21H,10-14H2,1H3,(H,33,40)(H2,32,34,35,37,39). The van der Waals surface area contributed by atoms with E-state index >= 15 is 0 Å². The van der Waals surface area contributed by atoms with Gasteiger partial charge in [-0.05, 0) is 30.5 Å². The number of benzene rings is 2. The van der Waals surface area contributed by atoms with Gasteiger partial charge in [0.25, 0.3) is 5.91 Å². The van der Waals surface area contributed by atoms with Crippen LogP contribution in [0.2, 0.25) is 10.0 Å². The molecule has 0 bridgehead atoms. The Hall–Kier alpha value is -4.40. The zero-order valence-electron chi connectivity index (χ0n) is 21.9. The largest absolute Gasteiger partial charge is 0.467 e. The third kappa shape index (κ3) is 6.67. The number of nitrogens with zero attached hydrogens (tertiary/aromatic N) is 3. The van der Waals surface area contributed by atoms with E-state index in [9.17, 15) is 24.4 Å². The monoisotopic (exact) mass is 596 g/mol. The van der Waals surface area contributed by atoms with Gasteiger partial charge in [-0.15, -0.1) is 0 Å². The Morgan fingerprint density at radius 3 is 2.39 bits per heavy atom. The van der Waals surface area contributed by atoms with Crippen LogP contribution in [0, 0.1) is 11.3 Å². The number of methoxy groups -OCH3 is 1. The highest BCUT2D eigenvalue weighted by atomic mass is 35.5. The first-order chi connectivity index (χ1) is 19.7. The summed E-state index contributed by atoms with van der Waals surface area (Å²) < 4.78 is 4.90. The number of amides is 3. The molecule has 3 amide bonds. The fraction of sp³-hybridized carbons (Fsp3) is 0.286. The van der Waals surface area contributed by atoms with Gasteiger partial charge >= 0.3 is 17.7 Å². The predicted molar refractivity (Wildman–Crippen MR) is 152 cm³/mol. The molecule has 0 saturated carbocycles. The summed E-state index contributed by atoms with van der Waals surface area (Å²) in [6.45, 7) is 0.588. The Morgan fingerprint density at radius 2 is 1.78 bits per heavy atom. The van der Waals surface area contributed by atoms with Crippen LogP contribution in [0.25, 0.3) is 0 Å². The Labute approximate surface area is 245 Å². The van der Waals surface area contributed by atoms with E-state index in [-0.39, 0.29) is 33.4 Å². The Kier molecular flexibility index (Phi) is 9.27. The van der Waals surface area contributed by atoms with Crippen molar-refractivity contribution in [2.24, 2.45) is 0 Å². The lowest BCUT2D eigenvalue weighted by atomic mass is 9.74. The highest BCUT2D eigenvalue weighted by molar-refractivity contribution is 6.40. The molecule has 1 atom stereocenters. The number of anilines is 1. The van der Waals surface area contributed by atoms with Crippen molar-refractivity contribution in [2.75, 3.05) is 25.5 Å². The van der Waals surface area contributed by atoms with Crippen molar-refractivity contribution in [3.8, 4) is 6.07 Å². The van der Waals surface area contributed by atoms with E-state index in [2.05, 4.69) is 26.7 Å². The first-order valence-electron chi connectivity index (χ1n) is 12.6. The predicted octanol–water partition coefficient (Wildman–Crippen LogP) is 3.68. The summed E-state index contributed by atoms with van der Waals surface area (Å²) >= 11 is 12.3. The molecule has 4 rings (SSSR count). The van der Waals surface area contributed by atoms with Crippen molar-refractivity contribution in [1.82, 2.24) is 20.2 Å². The summed E-state index contributed by atoms with van der Waals surface area (Å²) in [6, 6.07) is 14.7. The fourth-order valence-electron chi connectivity index (χ4n) is 4.69. The van der Waals surface area contributed by atoms with Crippen LogP contribution in [-0.2, 0) is 21.4 Å². The van der Waals surface area contributed by atoms with Crippen LogP contribution in [0.15, 0.2) is 59.5 Å². The highest BCUT2D eigenvalue weighted by Crippen LogP contribution is 2.35. The van der Waals surface area contributed by atoms with E-state index in [1.54, 1.807) is 6.07 Å². The van der Waals surface area contributed by atoms with Gasteiger partial charge < -0.3 is 20.3 Å². The minimum absolute atomic E-state index is 0.00805. The number of carbonyl (C=O) groups excluding carboxylic acids is 3. The average molecular weight is 597 g/mol. The van der Waals surface area contributed by atoms with Gasteiger partial charge in [0.2, 0.25) is 0 Å². The Morgan fingerprint density at radius 1 is 1.12 bits per heavy atom. The number of aromatic amines is 1. The first-order valence-corrected chi connectivity index (χ1v) is 13.4.